The molecule has 2 rings (SSSR count). The van der Waals surface area contributed by atoms with Gasteiger partial charge < -0.3 is 19.7 Å². The van der Waals surface area contributed by atoms with Crippen molar-refractivity contribution in [3.8, 4) is 0 Å². The number of hydrogen-bond acceptors (Lipinski definition) is 5. The van der Waals surface area contributed by atoms with Gasteiger partial charge in [-0.25, -0.2) is 4.79 Å². The first-order chi connectivity index (χ1) is 9.84. The van der Waals surface area contributed by atoms with Crippen molar-refractivity contribution in [2.24, 2.45) is 0 Å². The van der Waals surface area contributed by atoms with Gasteiger partial charge in [-0.05, 0) is 6.26 Å². The van der Waals surface area contributed by atoms with Crippen molar-refractivity contribution >= 4 is 17.9 Å². The van der Waals surface area contributed by atoms with Crippen LogP contribution in [0.3, 0.4) is 0 Å². The number of hydrogen-bond donors (Lipinski definition) is 1. The molecule has 0 unspecified atom stereocenters. The van der Waals surface area contributed by atoms with Gasteiger partial charge in [0.1, 0.15) is 19.1 Å². The highest BCUT2D eigenvalue weighted by Gasteiger charge is 2.16. The van der Waals surface area contributed by atoms with Gasteiger partial charge >= 0.3 is 6.09 Å². The smallest absolute Gasteiger partial charge is 0.409 e. The van der Waals surface area contributed by atoms with Crippen molar-refractivity contribution in [3.63, 3.8) is 0 Å². The predicted octanol–water partition coefficient (Wildman–Crippen LogP) is 2.93. The second-order valence-corrected chi connectivity index (χ2v) is 4.24. The molecule has 0 radical (unpaired) electrons. The van der Waals surface area contributed by atoms with E-state index in [0.29, 0.717) is 6.61 Å². The van der Waals surface area contributed by atoms with Gasteiger partial charge in [-0.1, -0.05) is 27.7 Å². The first-order valence-corrected chi connectivity index (χ1v) is 8.66. The quantitative estimate of drug-likeness (QED) is 0.813. The van der Waals surface area contributed by atoms with E-state index in [4.69, 9.17) is 4.74 Å². The molecular weight excluding hydrogens is 276 g/mol. The third-order valence-corrected chi connectivity index (χ3v) is 2.60. The van der Waals surface area contributed by atoms with Crippen molar-refractivity contribution in [1.29, 1.82) is 0 Å². The zero-order chi connectivity index (χ0) is 15.6. The summed E-state index contributed by atoms with van der Waals surface area (Å²) in [5.41, 5.74) is 0. The minimum absolute atomic E-state index is 0.171. The fourth-order valence-corrected chi connectivity index (χ4v) is 1.40. The van der Waals surface area contributed by atoms with Crippen LogP contribution in [0, 0.1) is 0 Å². The molecule has 2 aliphatic rings. The fourth-order valence-electron chi connectivity index (χ4n) is 1.15. The maximum Gasteiger partial charge on any atom is 0.409 e. The zero-order valence-electron chi connectivity index (χ0n) is 13.5. The molecule has 1 fully saturated rings. The van der Waals surface area contributed by atoms with E-state index in [0.717, 1.165) is 31.9 Å². The highest BCUT2D eigenvalue weighted by molar-refractivity contribution is 7.98. The summed E-state index contributed by atoms with van der Waals surface area (Å²) in [6.45, 7) is 11.8. The lowest BCUT2D eigenvalue weighted by atomic mass is 10.4. The largest absolute Gasteiger partial charge is 0.466 e. The molecule has 1 N–H and O–H groups in total. The second-order valence-electron chi connectivity index (χ2n) is 3.25. The lowest BCUT2D eigenvalue weighted by Gasteiger charge is -2.26. The Hall–Kier alpha value is -0.880. The number of ether oxygens (including phenoxy) is 2. The lowest BCUT2D eigenvalue weighted by Crippen LogP contribution is -2.46. The highest BCUT2D eigenvalue weighted by atomic mass is 32.2. The van der Waals surface area contributed by atoms with Crippen molar-refractivity contribution in [2.75, 3.05) is 44.8 Å². The number of carbonyl (C=O) groups is 1. The van der Waals surface area contributed by atoms with Crippen molar-refractivity contribution in [2.45, 2.75) is 27.7 Å². The van der Waals surface area contributed by atoms with E-state index >= 15 is 0 Å². The maximum absolute atomic E-state index is 11.3. The Kier molecular flexibility index (Phi) is 19.4. The minimum atomic E-state index is -0.171. The Labute approximate surface area is 128 Å². The SMILES string of the molecule is C1=CO1.CC.CC.CSCCOC(=O)N1CCNCC1. The number of rotatable bonds is 3. The van der Waals surface area contributed by atoms with Gasteiger partial charge in [0.25, 0.3) is 0 Å². The van der Waals surface area contributed by atoms with Gasteiger partial charge in [-0.15, -0.1) is 0 Å². The monoisotopic (exact) mass is 306 g/mol. The molecular formula is C14H30N2O3S. The standard InChI is InChI=1S/C8H16N2O2S.C2H2O.2C2H6/c1-13-7-6-12-8(11)10-4-2-9-3-5-10;1-2-3-1;2*1-2/h9H,2-7H2,1H3;1-2H;2*1-2H3. The number of thioether (sulfide) groups is 1. The summed E-state index contributed by atoms with van der Waals surface area (Å²) >= 11 is 1.68. The summed E-state index contributed by atoms with van der Waals surface area (Å²) < 4.78 is 9.31. The van der Waals surface area contributed by atoms with Crippen LogP contribution in [0.1, 0.15) is 27.7 Å². The number of piperazine rings is 1. The van der Waals surface area contributed by atoms with Gasteiger partial charge in [0.15, 0.2) is 0 Å². The molecule has 6 heteroatoms. The number of carbonyl (C=O) groups excluding carboxylic acids is 1. The van der Waals surface area contributed by atoms with Gasteiger partial charge in [-0.2, -0.15) is 11.8 Å². The summed E-state index contributed by atoms with van der Waals surface area (Å²) in [5.74, 6) is 0.873. The van der Waals surface area contributed by atoms with Gasteiger partial charge in [0.2, 0.25) is 0 Å². The number of nitrogens with zero attached hydrogens (tertiary/aromatic N) is 1. The first kappa shape index (κ1) is 21.4. The molecule has 0 saturated carbocycles. The molecule has 0 aromatic rings. The summed E-state index contributed by atoms with van der Waals surface area (Å²) in [6.07, 6.45) is 5.08. The molecule has 5 nitrogen and oxygen atoms in total. The van der Waals surface area contributed by atoms with Gasteiger partial charge in [-0.3, -0.25) is 0 Å². The van der Waals surface area contributed by atoms with E-state index in [1.807, 2.05) is 34.0 Å². The number of amides is 1. The minimum Gasteiger partial charge on any atom is -0.466 e. The Bertz CT molecular complexity index is 228. The Balaban J connectivity index is 0. The van der Waals surface area contributed by atoms with Crippen LogP contribution >= 0.6 is 11.8 Å². The number of nitrogens with one attached hydrogen (secondary N) is 1. The van der Waals surface area contributed by atoms with E-state index in [9.17, 15) is 4.79 Å². The van der Waals surface area contributed by atoms with E-state index in [1.54, 1.807) is 29.2 Å². The van der Waals surface area contributed by atoms with Crippen LogP contribution in [0.4, 0.5) is 4.79 Å². The molecule has 0 aromatic carbocycles. The molecule has 2 heterocycles. The summed E-state index contributed by atoms with van der Waals surface area (Å²) in [7, 11) is 0. The molecule has 1 amide bonds. The zero-order valence-corrected chi connectivity index (χ0v) is 14.3. The van der Waals surface area contributed by atoms with E-state index in [2.05, 4.69) is 10.1 Å². The van der Waals surface area contributed by atoms with Crippen molar-refractivity contribution in [3.05, 3.63) is 12.5 Å². The van der Waals surface area contributed by atoms with Crippen LogP contribution in [0.5, 0.6) is 0 Å². The third-order valence-electron chi connectivity index (χ3n) is 2.02. The normalized spacial score (nSPS) is 14.2. The predicted molar refractivity (Wildman–Crippen MR) is 87.1 cm³/mol. The third kappa shape index (κ3) is 15.2. The van der Waals surface area contributed by atoms with Crippen LogP contribution in [0.2, 0.25) is 0 Å². The van der Waals surface area contributed by atoms with Gasteiger partial charge in [0.05, 0.1) is 0 Å². The molecule has 0 spiro atoms. The molecule has 0 atom stereocenters. The molecule has 20 heavy (non-hydrogen) atoms. The average molecular weight is 306 g/mol. The summed E-state index contributed by atoms with van der Waals surface area (Å²) in [6, 6.07) is 0. The van der Waals surface area contributed by atoms with Gasteiger partial charge in [0, 0.05) is 31.9 Å². The Morgan fingerprint density at radius 1 is 1.25 bits per heavy atom. The molecule has 2 aliphatic heterocycles. The first-order valence-electron chi connectivity index (χ1n) is 7.26. The van der Waals surface area contributed by atoms with Crippen LogP contribution in [0.25, 0.3) is 0 Å². The van der Waals surface area contributed by atoms with Crippen LogP contribution in [-0.4, -0.2) is 55.8 Å². The molecule has 0 aliphatic carbocycles. The lowest BCUT2D eigenvalue weighted by molar-refractivity contribution is 0.103. The van der Waals surface area contributed by atoms with E-state index in [1.165, 1.54) is 0 Å². The van der Waals surface area contributed by atoms with E-state index in [-0.39, 0.29) is 6.09 Å². The summed E-state index contributed by atoms with van der Waals surface area (Å²) in [4.78, 5) is 13.1. The molecule has 0 aromatic heterocycles. The van der Waals surface area contributed by atoms with Crippen LogP contribution in [0.15, 0.2) is 12.5 Å². The summed E-state index contributed by atoms with van der Waals surface area (Å²) in [5, 5.41) is 3.18. The average Bonchev–Trinajstić information content (AvgIpc) is 3.41. The Morgan fingerprint density at radius 2 is 1.75 bits per heavy atom. The van der Waals surface area contributed by atoms with Crippen LogP contribution in [-0.2, 0) is 9.47 Å². The maximum atomic E-state index is 11.3. The molecule has 120 valence electrons. The topological polar surface area (TPSA) is 54.1 Å². The van der Waals surface area contributed by atoms with Crippen molar-refractivity contribution in [1.82, 2.24) is 10.2 Å². The molecule has 1 saturated heterocycles. The fraction of sp³-hybridized carbons (Fsp3) is 0.786. The van der Waals surface area contributed by atoms with Crippen molar-refractivity contribution < 1.29 is 14.3 Å². The van der Waals surface area contributed by atoms with E-state index < -0.39 is 0 Å². The molecule has 0 bridgehead atoms. The highest BCUT2D eigenvalue weighted by Crippen LogP contribution is 1.98. The second kappa shape index (κ2) is 18.1. The Morgan fingerprint density at radius 3 is 2.15 bits per heavy atom. The van der Waals surface area contributed by atoms with Crippen LogP contribution < -0.4 is 5.32 Å².